The summed E-state index contributed by atoms with van der Waals surface area (Å²) >= 11 is 0. The van der Waals surface area contributed by atoms with E-state index in [9.17, 15) is 14.4 Å². The zero-order valence-electron chi connectivity index (χ0n) is 17.2. The minimum Gasteiger partial charge on any atom is -0.493 e. The maximum absolute atomic E-state index is 12.6. The van der Waals surface area contributed by atoms with Gasteiger partial charge in [0.15, 0.2) is 11.5 Å². The molecule has 3 rings (SSSR count). The van der Waals surface area contributed by atoms with Gasteiger partial charge in [0.25, 0.3) is 0 Å². The zero-order chi connectivity index (χ0) is 21.0. The molecule has 1 saturated heterocycles. The lowest BCUT2D eigenvalue weighted by molar-refractivity contribution is -0.131. The van der Waals surface area contributed by atoms with E-state index >= 15 is 0 Å². The van der Waals surface area contributed by atoms with E-state index in [2.05, 4.69) is 10.6 Å². The molecule has 0 aromatic heterocycles. The highest BCUT2D eigenvalue weighted by Crippen LogP contribution is 2.34. The molecule has 2 unspecified atom stereocenters. The first kappa shape index (κ1) is 21.0. The topological polar surface area (TPSA) is 97.0 Å². The molecule has 3 amide bonds. The minimum absolute atomic E-state index is 0.108. The highest BCUT2D eigenvalue weighted by atomic mass is 16.5. The second kappa shape index (κ2) is 9.15. The Morgan fingerprint density at radius 1 is 1.14 bits per heavy atom. The minimum atomic E-state index is -0.631. The van der Waals surface area contributed by atoms with Gasteiger partial charge >= 0.3 is 0 Å². The van der Waals surface area contributed by atoms with Gasteiger partial charge in [-0.2, -0.15) is 0 Å². The SMILES string of the molecule is COc1ccc(N2CC(C(=O)NC(C)C(=O)NC3CCCC3)CC2=O)cc1OC. The Hall–Kier alpha value is -2.77. The van der Waals surface area contributed by atoms with Crippen molar-refractivity contribution in [2.45, 2.75) is 51.1 Å². The molecule has 1 aliphatic heterocycles. The molecular weight excluding hydrogens is 374 g/mol. The van der Waals surface area contributed by atoms with Gasteiger partial charge in [-0.05, 0) is 31.9 Å². The molecule has 1 aromatic carbocycles. The van der Waals surface area contributed by atoms with Crippen molar-refractivity contribution in [1.29, 1.82) is 0 Å². The predicted octanol–water partition coefficient (Wildman–Crippen LogP) is 1.62. The number of nitrogens with zero attached hydrogens (tertiary/aromatic N) is 1. The molecular formula is C21H29N3O5. The summed E-state index contributed by atoms with van der Waals surface area (Å²) in [6, 6.07) is 4.78. The Labute approximate surface area is 170 Å². The lowest BCUT2D eigenvalue weighted by Crippen LogP contribution is -2.49. The number of anilines is 1. The Kier molecular flexibility index (Phi) is 6.61. The standard InChI is InChI=1S/C21H29N3O5/c1-13(20(26)23-15-6-4-5-7-15)22-21(27)14-10-19(25)24(12-14)16-8-9-17(28-2)18(11-16)29-3/h8-9,11,13-15H,4-7,10,12H2,1-3H3,(H,22,27)(H,23,26). The quantitative estimate of drug-likeness (QED) is 0.721. The largest absolute Gasteiger partial charge is 0.493 e. The summed E-state index contributed by atoms with van der Waals surface area (Å²) in [5.74, 6) is -0.0123. The van der Waals surface area contributed by atoms with Crippen LogP contribution in [0.2, 0.25) is 0 Å². The summed E-state index contributed by atoms with van der Waals surface area (Å²) in [6.45, 7) is 1.93. The van der Waals surface area contributed by atoms with Crippen LogP contribution in [0, 0.1) is 5.92 Å². The molecule has 2 aliphatic rings. The van der Waals surface area contributed by atoms with Crippen LogP contribution < -0.4 is 25.0 Å². The molecule has 29 heavy (non-hydrogen) atoms. The van der Waals surface area contributed by atoms with E-state index in [-0.39, 0.29) is 36.7 Å². The van der Waals surface area contributed by atoms with Gasteiger partial charge in [-0.25, -0.2) is 0 Å². The van der Waals surface area contributed by atoms with Gasteiger partial charge in [0, 0.05) is 30.8 Å². The first-order valence-electron chi connectivity index (χ1n) is 10.1. The number of carbonyl (C=O) groups is 3. The highest BCUT2D eigenvalue weighted by Gasteiger charge is 2.36. The fourth-order valence-electron chi connectivity index (χ4n) is 3.92. The molecule has 8 nitrogen and oxygen atoms in total. The molecule has 0 bridgehead atoms. The summed E-state index contributed by atoms with van der Waals surface area (Å²) < 4.78 is 10.5. The first-order valence-corrected chi connectivity index (χ1v) is 10.1. The van der Waals surface area contributed by atoms with Crippen LogP contribution >= 0.6 is 0 Å². The van der Waals surface area contributed by atoms with Gasteiger partial charge in [-0.1, -0.05) is 12.8 Å². The molecule has 2 N–H and O–H groups in total. The van der Waals surface area contributed by atoms with E-state index in [1.807, 2.05) is 0 Å². The molecule has 8 heteroatoms. The number of rotatable bonds is 7. The van der Waals surface area contributed by atoms with Crippen molar-refractivity contribution in [1.82, 2.24) is 10.6 Å². The summed E-state index contributed by atoms with van der Waals surface area (Å²) in [7, 11) is 3.07. The fraction of sp³-hybridized carbons (Fsp3) is 0.571. The van der Waals surface area contributed by atoms with E-state index in [1.165, 1.54) is 7.11 Å². The van der Waals surface area contributed by atoms with E-state index in [0.717, 1.165) is 25.7 Å². The van der Waals surface area contributed by atoms with Crippen LogP contribution in [0.5, 0.6) is 11.5 Å². The number of nitrogens with one attached hydrogen (secondary N) is 2. The van der Waals surface area contributed by atoms with Gasteiger partial charge in [0.05, 0.1) is 20.1 Å². The van der Waals surface area contributed by atoms with Crippen molar-refractivity contribution < 1.29 is 23.9 Å². The third-order valence-corrected chi connectivity index (χ3v) is 5.63. The number of hydrogen-bond acceptors (Lipinski definition) is 5. The molecule has 0 spiro atoms. The first-order chi connectivity index (χ1) is 13.9. The van der Waals surface area contributed by atoms with Crippen LogP contribution in [-0.2, 0) is 14.4 Å². The van der Waals surface area contributed by atoms with Gasteiger partial charge < -0.3 is 25.0 Å². The maximum Gasteiger partial charge on any atom is 0.242 e. The maximum atomic E-state index is 12.6. The van der Waals surface area contributed by atoms with Crippen LogP contribution in [0.25, 0.3) is 0 Å². The van der Waals surface area contributed by atoms with Gasteiger partial charge in [0.2, 0.25) is 17.7 Å². The molecule has 1 aliphatic carbocycles. The summed E-state index contributed by atoms with van der Waals surface area (Å²) in [4.78, 5) is 39.0. The second-order valence-corrected chi connectivity index (χ2v) is 7.66. The zero-order valence-corrected chi connectivity index (χ0v) is 17.2. The Morgan fingerprint density at radius 2 is 1.83 bits per heavy atom. The lowest BCUT2D eigenvalue weighted by atomic mass is 10.1. The van der Waals surface area contributed by atoms with Crippen LogP contribution in [0.15, 0.2) is 18.2 Å². The van der Waals surface area contributed by atoms with E-state index < -0.39 is 12.0 Å². The normalized spacial score (nSPS) is 20.4. The molecule has 1 heterocycles. The van der Waals surface area contributed by atoms with Crippen molar-refractivity contribution >= 4 is 23.4 Å². The van der Waals surface area contributed by atoms with E-state index in [1.54, 1.807) is 37.1 Å². The molecule has 1 aromatic rings. The van der Waals surface area contributed by atoms with Crippen LogP contribution in [-0.4, -0.2) is 50.6 Å². The predicted molar refractivity (Wildman–Crippen MR) is 108 cm³/mol. The molecule has 0 radical (unpaired) electrons. The van der Waals surface area contributed by atoms with Crippen molar-refractivity contribution in [2.75, 3.05) is 25.7 Å². The van der Waals surface area contributed by atoms with Crippen LogP contribution in [0.3, 0.4) is 0 Å². The molecule has 1 saturated carbocycles. The summed E-state index contributed by atoms with van der Waals surface area (Å²) in [5, 5.41) is 5.74. The van der Waals surface area contributed by atoms with Crippen molar-refractivity contribution in [3.05, 3.63) is 18.2 Å². The third kappa shape index (κ3) is 4.81. The van der Waals surface area contributed by atoms with Gasteiger partial charge in [-0.15, -0.1) is 0 Å². The highest BCUT2D eigenvalue weighted by molar-refractivity contribution is 6.01. The second-order valence-electron chi connectivity index (χ2n) is 7.66. The molecule has 2 atom stereocenters. The van der Waals surface area contributed by atoms with E-state index in [4.69, 9.17) is 9.47 Å². The Balaban J connectivity index is 1.59. The summed E-state index contributed by atoms with van der Waals surface area (Å²) in [6.07, 6.45) is 4.34. The Morgan fingerprint density at radius 3 is 2.48 bits per heavy atom. The van der Waals surface area contributed by atoms with Crippen molar-refractivity contribution in [2.24, 2.45) is 5.92 Å². The average molecular weight is 403 g/mol. The monoisotopic (exact) mass is 403 g/mol. The number of hydrogen-bond donors (Lipinski definition) is 2. The fourth-order valence-corrected chi connectivity index (χ4v) is 3.92. The number of carbonyl (C=O) groups excluding carboxylic acids is 3. The van der Waals surface area contributed by atoms with Gasteiger partial charge in [-0.3, -0.25) is 14.4 Å². The average Bonchev–Trinajstić information content (AvgIpc) is 3.36. The summed E-state index contributed by atoms with van der Waals surface area (Å²) in [5.41, 5.74) is 0.648. The number of amides is 3. The molecule has 2 fully saturated rings. The number of methoxy groups -OCH3 is 2. The number of benzene rings is 1. The van der Waals surface area contributed by atoms with Gasteiger partial charge in [0.1, 0.15) is 6.04 Å². The smallest absolute Gasteiger partial charge is 0.242 e. The molecule has 158 valence electrons. The van der Waals surface area contributed by atoms with Crippen molar-refractivity contribution in [3.63, 3.8) is 0 Å². The van der Waals surface area contributed by atoms with Crippen LogP contribution in [0.4, 0.5) is 5.69 Å². The third-order valence-electron chi connectivity index (χ3n) is 5.63. The van der Waals surface area contributed by atoms with Crippen LogP contribution in [0.1, 0.15) is 39.0 Å². The van der Waals surface area contributed by atoms with E-state index in [0.29, 0.717) is 17.2 Å². The van der Waals surface area contributed by atoms with Crippen molar-refractivity contribution in [3.8, 4) is 11.5 Å². The number of ether oxygens (including phenoxy) is 2. The Bertz CT molecular complexity index is 776. The lowest BCUT2D eigenvalue weighted by Gasteiger charge is -2.20.